The molecule has 1 aromatic carbocycles. The average molecular weight is 478 g/mol. The molecule has 7 nitrogen and oxygen atoms in total. The Morgan fingerprint density at radius 2 is 2.06 bits per heavy atom. The number of sulfonamides is 1. The molecule has 0 saturated carbocycles. The highest BCUT2D eigenvalue weighted by molar-refractivity contribution is 7.94. The number of rotatable bonds is 7. The highest BCUT2D eigenvalue weighted by atomic mass is 32.2. The Balaban J connectivity index is 1.33. The van der Waals surface area contributed by atoms with Crippen LogP contribution >= 0.6 is 22.7 Å². The molecule has 1 aliphatic rings. The zero-order valence-electron chi connectivity index (χ0n) is 17.2. The first kappa shape index (κ1) is 21.8. The van der Waals surface area contributed by atoms with Gasteiger partial charge >= 0.3 is 0 Å². The lowest BCUT2D eigenvalue weighted by Crippen LogP contribution is -2.25. The van der Waals surface area contributed by atoms with Gasteiger partial charge < -0.3 is 4.74 Å². The molecular weight excluding hydrogens is 454 g/mol. The van der Waals surface area contributed by atoms with Crippen LogP contribution in [0.25, 0.3) is 0 Å². The summed E-state index contributed by atoms with van der Waals surface area (Å²) in [6, 6.07) is 9.86. The minimum absolute atomic E-state index is 0.149. The topological polar surface area (TPSA) is 88.6 Å². The highest BCUT2D eigenvalue weighted by Gasteiger charge is 2.22. The number of amides is 1. The van der Waals surface area contributed by atoms with Crippen LogP contribution in [0.15, 0.2) is 46.0 Å². The third-order valence-electron chi connectivity index (χ3n) is 5.11. The molecule has 0 aliphatic heterocycles. The van der Waals surface area contributed by atoms with Crippen molar-refractivity contribution in [2.45, 2.75) is 30.4 Å². The van der Waals surface area contributed by atoms with Gasteiger partial charge in [-0.2, -0.15) is 0 Å². The van der Waals surface area contributed by atoms with Crippen molar-refractivity contribution in [1.29, 1.82) is 0 Å². The van der Waals surface area contributed by atoms with E-state index in [0.29, 0.717) is 22.5 Å². The lowest BCUT2D eigenvalue weighted by Gasteiger charge is -2.18. The standard InChI is InChI=1S/C21H23N3O4S3/c1-14-5-10-17-18(12-14)30-21(22-17)23-19(25)13-28-16-8-6-15(7-9-16)24(2)31(26,27)20-4-3-11-29-20/h3-4,6-9,11,14H,5,10,12-13H2,1-2H3,(H,22,23,25)/t14-/m1/s1. The van der Waals surface area contributed by atoms with Gasteiger partial charge in [0.25, 0.3) is 15.9 Å². The number of fused-ring (bicyclic) bond motifs is 1. The number of benzene rings is 1. The molecule has 1 aliphatic carbocycles. The summed E-state index contributed by atoms with van der Waals surface area (Å²) in [5, 5.41) is 5.15. The van der Waals surface area contributed by atoms with Gasteiger partial charge in [-0.3, -0.25) is 14.4 Å². The number of ether oxygens (including phenoxy) is 1. The van der Waals surface area contributed by atoms with Crippen molar-refractivity contribution in [2.24, 2.45) is 5.92 Å². The molecule has 2 heterocycles. The van der Waals surface area contributed by atoms with E-state index in [-0.39, 0.29) is 16.7 Å². The molecular formula is C21H23N3O4S3. The molecule has 164 valence electrons. The van der Waals surface area contributed by atoms with Crippen molar-refractivity contribution in [1.82, 2.24) is 4.98 Å². The number of hydrogen-bond donors (Lipinski definition) is 1. The largest absolute Gasteiger partial charge is 0.484 e. The van der Waals surface area contributed by atoms with E-state index in [1.165, 1.54) is 38.9 Å². The highest BCUT2D eigenvalue weighted by Crippen LogP contribution is 2.32. The van der Waals surface area contributed by atoms with Gasteiger partial charge in [-0.05, 0) is 60.9 Å². The molecule has 0 unspecified atom stereocenters. The molecule has 1 amide bonds. The zero-order chi connectivity index (χ0) is 22.0. The molecule has 10 heteroatoms. The van der Waals surface area contributed by atoms with Crippen molar-refractivity contribution in [3.05, 3.63) is 52.3 Å². The number of aromatic nitrogens is 1. The minimum atomic E-state index is -3.59. The summed E-state index contributed by atoms with van der Waals surface area (Å²) in [6.45, 7) is 2.08. The zero-order valence-corrected chi connectivity index (χ0v) is 19.6. The van der Waals surface area contributed by atoms with Gasteiger partial charge in [0.15, 0.2) is 11.7 Å². The Morgan fingerprint density at radius 3 is 2.77 bits per heavy atom. The van der Waals surface area contributed by atoms with Gasteiger partial charge in [0.1, 0.15) is 9.96 Å². The Morgan fingerprint density at radius 1 is 1.29 bits per heavy atom. The first-order chi connectivity index (χ1) is 14.8. The fourth-order valence-corrected chi connectivity index (χ4v) is 6.88. The molecule has 1 atom stereocenters. The summed E-state index contributed by atoms with van der Waals surface area (Å²) < 4.78 is 32.3. The summed E-state index contributed by atoms with van der Waals surface area (Å²) in [5.41, 5.74) is 1.60. The van der Waals surface area contributed by atoms with Crippen molar-refractivity contribution in [3.8, 4) is 5.75 Å². The van der Waals surface area contributed by atoms with Gasteiger partial charge in [0, 0.05) is 11.9 Å². The Kier molecular flexibility index (Phi) is 6.31. The molecule has 1 N–H and O–H groups in total. The van der Waals surface area contributed by atoms with Crippen molar-refractivity contribution in [3.63, 3.8) is 0 Å². The van der Waals surface area contributed by atoms with E-state index in [1.54, 1.807) is 41.8 Å². The lowest BCUT2D eigenvalue weighted by atomic mass is 9.93. The fourth-order valence-electron chi connectivity index (χ4n) is 3.33. The molecule has 2 aromatic heterocycles. The number of hydrogen-bond acceptors (Lipinski definition) is 7. The van der Waals surface area contributed by atoms with Crippen LogP contribution in [0.1, 0.15) is 23.9 Å². The Hall–Kier alpha value is -2.43. The van der Waals surface area contributed by atoms with Crippen molar-refractivity contribution < 1.29 is 17.9 Å². The van der Waals surface area contributed by atoms with E-state index in [2.05, 4.69) is 17.2 Å². The van der Waals surface area contributed by atoms with E-state index in [1.807, 2.05) is 0 Å². The molecule has 0 bridgehead atoms. The summed E-state index contributed by atoms with van der Waals surface area (Å²) >= 11 is 2.71. The number of thiophene rings is 1. The number of nitrogens with zero attached hydrogens (tertiary/aromatic N) is 2. The Bertz CT molecular complexity index is 1160. The molecule has 3 aromatic rings. The first-order valence-corrected chi connectivity index (χ1v) is 13.0. The van der Waals surface area contributed by atoms with Crippen LogP contribution in [0.3, 0.4) is 0 Å². The first-order valence-electron chi connectivity index (χ1n) is 9.86. The average Bonchev–Trinajstić information content (AvgIpc) is 3.42. The van der Waals surface area contributed by atoms with Gasteiger partial charge in [-0.1, -0.05) is 13.0 Å². The second-order valence-corrected chi connectivity index (χ2v) is 11.7. The van der Waals surface area contributed by atoms with E-state index in [0.717, 1.165) is 25.0 Å². The van der Waals surface area contributed by atoms with E-state index in [9.17, 15) is 13.2 Å². The summed E-state index contributed by atoms with van der Waals surface area (Å²) in [5.74, 6) is 0.857. The van der Waals surface area contributed by atoms with Gasteiger partial charge in [-0.25, -0.2) is 13.4 Å². The molecule has 31 heavy (non-hydrogen) atoms. The van der Waals surface area contributed by atoms with Crippen LogP contribution in [0.2, 0.25) is 0 Å². The second-order valence-electron chi connectivity index (χ2n) is 7.47. The van der Waals surface area contributed by atoms with Crippen LogP contribution in [-0.2, 0) is 27.7 Å². The summed E-state index contributed by atoms with van der Waals surface area (Å²) in [7, 11) is -2.08. The number of carbonyl (C=O) groups excluding carboxylic acids is 1. The minimum Gasteiger partial charge on any atom is -0.484 e. The monoisotopic (exact) mass is 477 g/mol. The fraction of sp³-hybridized carbons (Fsp3) is 0.333. The third-order valence-corrected chi connectivity index (χ3v) is 9.31. The van der Waals surface area contributed by atoms with Crippen LogP contribution in [0.5, 0.6) is 5.75 Å². The van der Waals surface area contributed by atoms with E-state index in [4.69, 9.17) is 4.74 Å². The quantitative estimate of drug-likeness (QED) is 0.552. The van der Waals surface area contributed by atoms with Crippen LogP contribution in [0.4, 0.5) is 10.8 Å². The van der Waals surface area contributed by atoms with Gasteiger partial charge in [0.05, 0.1) is 11.4 Å². The van der Waals surface area contributed by atoms with E-state index >= 15 is 0 Å². The molecule has 0 radical (unpaired) electrons. The number of carbonyl (C=O) groups is 1. The van der Waals surface area contributed by atoms with E-state index < -0.39 is 10.0 Å². The smallest absolute Gasteiger partial charge is 0.273 e. The summed E-state index contributed by atoms with van der Waals surface area (Å²) in [6.07, 6.45) is 3.11. The van der Waals surface area contributed by atoms with Crippen LogP contribution < -0.4 is 14.4 Å². The van der Waals surface area contributed by atoms with Crippen molar-refractivity contribution >= 4 is 49.4 Å². The second kappa shape index (κ2) is 8.97. The number of aryl methyl sites for hydroxylation is 1. The normalized spacial score (nSPS) is 15.9. The molecule has 0 spiro atoms. The van der Waals surface area contributed by atoms with Gasteiger partial charge in [0.2, 0.25) is 0 Å². The van der Waals surface area contributed by atoms with Crippen LogP contribution in [0, 0.1) is 5.92 Å². The SMILES string of the molecule is C[C@@H]1CCc2nc(NC(=O)COc3ccc(N(C)S(=O)(=O)c4cccs4)cc3)sc2C1. The molecule has 0 saturated heterocycles. The molecule has 0 fully saturated rings. The lowest BCUT2D eigenvalue weighted by molar-refractivity contribution is -0.118. The maximum Gasteiger partial charge on any atom is 0.273 e. The maximum atomic E-state index is 12.6. The Labute approximate surface area is 189 Å². The number of nitrogens with one attached hydrogen (secondary N) is 1. The third kappa shape index (κ3) is 4.91. The molecule has 4 rings (SSSR count). The van der Waals surface area contributed by atoms with Crippen LogP contribution in [-0.4, -0.2) is 33.0 Å². The predicted molar refractivity (Wildman–Crippen MR) is 124 cm³/mol. The number of thiazole rings is 1. The summed E-state index contributed by atoms with van der Waals surface area (Å²) in [4.78, 5) is 18.0. The van der Waals surface area contributed by atoms with Gasteiger partial charge in [-0.15, -0.1) is 22.7 Å². The van der Waals surface area contributed by atoms with Crippen molar-refractivity contribution in [2.75, 3.05) is 23.3 Å². The maximum absolute atomic E-state index is 12.6. The predicted octanol–water partition coefficient (Wildman–Crippen LogP) is 4.17. The number of anilines is 2.